The van der Waals surface area contributed by atoms with Crippen LogP contribution < -0.4 is 0 Å². The van der Waals surface area contributed by atoms with E-state index in [1.165, 1.54) is 11.9 Å². The summed E-state index contributed by atoms with van der Waals surface area (Å²) in [5, 5.41) is 0. The summed E-state index contributed by atoms with van der Waals surface area (Å²) < 4.78 is 4.03. The van der Waals surface area contributed by atoms with E-state index in [4.69, 9.17) is 0 Å². The zero-order valence-electron chi connectivity index (χ0n) is 3.38. The lowest BCUT2D eigenvalue weighted by Crippen LogP contribution is -1.62. The van der Waals surface area contributed by atoms with Crippen LogP contribution in [0.4, 0.5) is 0 Å². The van der Waals surface area contributed by atoms with Crippen LogP contribution in [0.3, 0.4) is 0 Å². The average molecular weight is 98.1 g/mol. The van der Waals surface area contributed by atoms with E-state index in [-0.39, 0.29) is 0 Å². The molecule has 0 aromatic heterocycles. The maximum absolute atomic E-state index is 9.22. The lowest BCUT2D eigenvalue weighted by Gasteiger charge is -1.72. The Morgan fingerprint density at radius 2 is 1.57 bits per heavy atom. The Kier molecular flexibility index (Phi) is 3.83. The molecule has 0 atom stereocenters. The Morgan fingerprint density at radius 1 is 1.14 bits per heavy atom. The van der Waals surface area contributed by atoms with E-state index in [0.717, 1.165) is 0 Å². The average Bonchev–Trinajstić information content (AvgIpc) is 1.69. The number of hydrogen-bond donors (Lipinski definition) is 0. The number of ether oxygens (including phenoxy) is 1. The molecule has 0 N–H and O–H groups in total. The maximum atomic E-state index is 9.22. The normalized spacial score (nSPS) is 5.14. The molecule has 0 unspecified atom stereocenters. The fraction of sp³-hybridized carbons (Fsp3) is 0. The SMILES string of the molecule is O=C=COC=C=O. The van der Waals surface area contributed by atoms with Crippen LogP contribution in [0.5, 0.6) is 0 Å². The van der Waals surface area contributed by atoms with E-state index in [1.807, 2.05) is 0 Å². The van der Waals surface area contributed by atoms with E-state index in [2.05, 4.69) is 4.74 Å². The van der Waals surface area contributed by atoms with Crippen molar-refractivity contribution in [2.75, 3.05) is 0 Å². The van der Waals surface area contributed by atoms with Crippen molar-refractivity contribution in [3.05, 3.63) is 12.5 Å². The van der Waals surface area contributed by atoms with Crippen molar-refractivity contribution >= 4 is 11.9 Å². The van der Waals surface area contributed by atoms with Gasteiger partial charge in [-0.2, -0.15) is 0 Å². The van der Waals surface area contributed by atoms with Gasteiger partial charge in [0.05, 0.1) is 0 Å². The number of carbonyl (C=O) groups excluding carboxylic acids is 2. The van der Waals surface area contributed by atoms with E-state index in [9.17, 15) is 9.59 Å². The van der Waals surface area contributed by atoms with Gasteiger partial charge in [0.2, 0.25) is 0 Å². The summed E-state index contributed by atoms with van der Waals surface area (Å²) in [6.45, 7) is 0. The Hall–Kier alpha value is -1.30. The molecule has 0 spiro atoms. The standard InChI is InChI=1S/C4H2O3/c5-1-3-7-4-2-6/h3-4H. The minimum Gasteiger partial charge on any atom is -0.449 e. The van der Waals surface area contributed by atoms with E-state index in [1.54, 1.807) is 0 Å². The fourth-order valence-electron chi connectivity index (χ4n) is 0.0896. The lowest BCUT2D eigenvalue weighted by atomic mass is 11.0. The van der Waals surface area contributed by atoms with Crippen LogP contribution in [0.25, 0.3) is 0 Å². The molecule has 0 aliphatic carbocycles. The summed E-state index contributed by atoms with van der Waals surface area (Å²) in [4.78, 5) is 18.4. The van der Waals surface area contributed by atoms with Crippen molar-refractivity contribution < 1.29 is 14.3 Å². The molecule has 3 nitrogen and oxygen atoms in total. The summed E-state index contributed by atoms with van der Waals surface area (Å²) in [6.07, 6.45) is 1.43. The van der Waals surface area contributed by atoms with Crippen LogP contribution in [0.2, 0.25) is 0 Å². The molecule has 0 aliphatic heterocycles. The topological polar surface area (TPSA) is 43.4 Å². The molecule has 0 radical (unpaired) electrons. The second-order valence-electron chi connectivity index (χ2n) is 0.607. The van der Waals surface area contributed by atoms with Gasteiger partial charge in [-0.25, -0.2) is 9.59 Å². The molecular weight excluding hydrogens is 96.0 g/mol. The minimum absolute atomic E-state index is 0.713. The van der Waals surface area contributed by atoms with Crippen molar-refractivity contribution in [3.8, 4) is 0 Å². The molecule has 0 bridgehead atoms. The number of hydrogen-bond acceptors (Lipinski definition) is 3. The molecule has 0 aromatic rings. The van der Waals surface area contributed by atoms with Crippen molar-refractivity contribution in [2.45, 2.75) is 0 Å². The predicted octanol–water partition coefficient (Wildman–Crippen LogP) is -0.306. The molecule has 0 saturated heterocycles. The van der Waals surface area contributed by atoms with E-state index >= 15 is 0 Å². The maximum Gasteiger partial charge on any atom is 0.175 e. The van der Waals surface area contributed by atoms with Crippen LogP contribution in [0, 0.1) is 0 Å². The van der Waals surface area contributed by atoms with Gasteiger partial charge in [0.25, 0.3) is 0 Å². The molecule has 0 heterocycles. The zero-order valence-corrected chi connectivity index (χ0v) is 3.38. The second-order valence-corrected chi connectivity index (χ2v) is 0.607. The van der Waals surface area contributed by atoms with Gasteiger partial charge in [-0.05, 0) is 0 Å². The molecule has 7 heavy (non-hydrogen) atoms. The Bertz CT molecular complexity index is 110. The predicted molar refractivity (Wildman–Crippen MR) is 21.6 cm³/mol. The second kappa shape index (κ2) is 4.70. The third-order valence-electron chi connectivity index (χ3n) is 0.232. The first-order chi connectivity index (χ1) is 3.41. The molecule has 3 heteroatoms. The lowest BCUT2D eigenvalue weighted by molar-refractivity contribution is 0.403. The molecule has 0 rings (SSSR count). The Labute approximate surface area is 39.9 Å². The van der Waals surface area contributed by atoms with Crippen LogP contribution in [-0.2, 0) is 14.3 Å². The van der Waals surface area contributed by atoms with Gasteiger partial charge in [-0.3, -0.25) is 0 Å². The largest absolute Gasteiger partial charge is 0.449 e. The molecule has 0 amide bonds. The van der Waals surface area contributed by atoms with Crippen molar-refractivity contribution in [1.82, 2.24) is 0 Å². The Balaban J connectivity index is 3.33. The zero-order chi connectivity index (χ0) is 5.54. The number of rotatable bonds is 2. The highest BCUT2D eigenvalue weighted by molar-refractivity contribution is 5.45. The first-order valence-electron chi connectivity index (χ1n) is 1.46. The molecular formula is C4H2O3. The van der Waals surface area contributed by atoms with Crippen LogP contribution in [0.1, 0.15) is 0 Å². The summed E-state index contributed by atoms with van der Waals surface area (Å²) in [5.41, 5.74) is 0. The van der Waals surface area contributed by atoms with E-state index in [0.29, 0.717) is 12.5 Å². The highest BCUT2D eigenvalue weighted by atomic mass is 16.5. The minimum atomic E-state index is 0.713. The molecule has 0 fully saturated rings. The van der Waals surface area contributed by atoms with Gasteiger partial charge in [-0.15, -0.1) is 0 Å². The monoisotopic (exact) mass is 98.0 g/mol. The molecule has 36 valence electrons. The molecule has 0 saturated carbocycles. The van der Waals surface area contributed by atoms with Crippen LogP contribution in [-0.4, -0.2) is 11.9 Å². The summed E-state index contributed by atoms with van der Waals surface area (Å²) in [7, 11) is 0. The van der Waals surface area contributed by atoms with Gasteiger partial charge in [-0.1, -0.05) is 0 Å². The van der Waals surface area contributed by atoms with Crippen molar-refractivity contribution in [1.29, 1.82) is 0 Å². The van der Waals surface area contributed by atoms with E-state index < -0.39 is 0 Å². The van der Waals surface area contributed by atoms with Crippen LogP contribution in [0.15, 0.2) is 12.5 Å². The van der Waals surface area contributed by atoms with Gasteiger partial charge < -0.3 is 4.74 Å². The smallest absolute Gasteiger partial charge is 0.175 e. The summed E-state index contributed by atoms with van der Waals surface area (Å²) in [6, 6.07) is 0. The first kappa shape index (κ1) is 5.70. The van der Waals surface area contributed by atoms with Gasteiger partial charge in [0, 0.05) is 0 Å². The first-order valence-corrected chi connectivity index (χ1v) is 1.46. The third-order valence-corrected chi connectivity index (χ3v) is 0.232. The van der Waals surface area contributed by atoms with Crippen molar-refractivity contribution in [3.63, 3.8) is 0 Å². The third kappa shape index (κ3) is 4.70. The quantitative estimate of drug-likeness (QED) is 0.351. The van der Waals surface area contributed by atoms with Crippen molar-refractivity contribution in [2.24, 2.45) is 0 Å². The van der Waals surface area contributed by atoms with Crippen LogP contribution >= 0.6 is 0 Å². The summed E-state index contributed by atoms with van der Waals surface area (Å²) >= 11 is 0. The fourth-order valence-corrected chi connectivity index (χ4v) is 0.0896. The Morgan fingerprint density at radius 3 is 1.86 bits per heavy atom. The molecule has 0 aliphatic rings. The van der Waals surface area contributed by atoms with Gasteiger partial charge >= 0.3 is 0 Å². The summed E-state index contributed by atoms with van der Waals surface area (Å²) in [5.74, 6) is 2.59. The van der Waals surface area contributed by atoms with Gasteiger partial charge in [0.1, 0.15) is 0 Å². The van der Waals surface area contributed by atoms with Gasteiger partial charge in [0.15, 0.2) is 24.4 Å². The molecule has 0 aromatic carbocycles. The highest BCUT2D eigenvalue weighted by Gasteiger charge is 1.59. The highest BCUT2D eigenvalue weighted by Crippen LogP contribution is 1.64.